The Morgan fingerprint density at radius 2 is 2.07 bits per heavy atom. The number of carboxylic acid groups (broad SMARTS) is 1. The molecule has 1 aliphatic heterocycles. The number of amides is 1. The van der Waals surface area contributed by atoms with Gasteiger partial charge in [0.25, 0.3) is 0 Å². The highest BCUT2D eigenvalue weighted by Gasteiger charge is 2.45. The summed E-state index contributed by atoms with van der Waals surface area (Å²) in [5.41, 5.74) is 0.901. The van der Waals surface area contributed by atoms with Gasteiger partial charge in [-0.15, -0.1) is 0 Å². The maximum absolute atomic E-state index is 11.1. The van der Waals surface area contributed by atoms with Gasteiger partial charge < -0.3 is 15.3 Å². The molecule has 1 saturated carbocycles. The van der Waals surface area contributed by atoms with E-state index in [1.165, 1.54) is 11.8 Å². The Morgan fingerprint density at radius 1 is 1.30 bits per heavy atom. The molecule has 0 bridgehead atoms. The number of halogens is 2. The van der Waals surface area contributed by atoms with Gasteiger partial charge >= 0.3 is 6.09 Å². The van der Waals surface area contributed by atoms with Crippen LogP contribution in [-0.4, -0.2) is 45.3 Å². The quantitative estimate of drug-likeness (QED) is 0.607. The molecule has 2 aliphatic rings. The lowest BCUT2D eigenvalue weighted by atomic mass is 9.74. The largest absolute Gasteiger partial charge is 0.465 e. The lowest BCUT2D eigenvalue weighted by molar-refractivity contribution is 0.149. The zero-order valence-electron chi connectivity index (χ0n) is 16.6. The van der Waals surface area contributed by atoms with Gasteiger partial charge in [0, 0.05) is 30.2 Å². The van der Waals surface area contributed by atoms with Crippen molar-refractivity contribution in [2.45, 2.75) is 55.0 Å². The lowest BCUT2D eigenvalue weighted by Gasteiger charge is -2.43. The van der Waals surface area contributed by atoms with Gasteiger partial charge in [-0.1, -0.05) is 41.4 Å². The second-order valence-corrected chi connectivity index (χ2v) is 9.65. The van der Waals surface area contributed by atoms with E-state index in [1.54, 1.807) is 18.5 Å². The maximum atomic E-state index is 11.1. The number of pyridine rings is 1. The van der Waals surface area contributed by atoms with Crippen molar-refractivity contribution in [1.82, 2.24) is 20.3 Å². The fourth-order valence-corrected chi connectivity index (χ4v) is 5.85. The van der Waals surface area contributed by atoms with E-state index in [0.29, 0.717) is 5.02 Å². The Labute approximate surface area is 189 Å². The normalized spacial score (nSPS) is 20.5. The zero-order chi connectivity index (χ0) is 21.3. The first-order chi connectivity index (χ1) is 14.4. The minimum Gasteiger partial charge on any atom is -0.465 e. The van der Waals surface area contributed by atoms with Crippen LogP contribution in [0.25, 0.3) is 0 Å². The van der Waals surface area contributed by atoms with E-state index >= 15 is 0 Å². The van der Waals surface area contributed by atoms with Crippen LogP contribution in [0.5, 0.6) is 0 Å². The number of aryl methyl sites for hydroxylation is 1. The molecule has 10 heteroatoms. The summed E-state index contributed by atoms with van der Waals surface area (Å²) < 4.78 is 0. The van der Waals surface area contributed by atoms with Crippen molar-refractivity contribution >= 4 is 46.9 Å². The van der Waals surface area contributed by atoms with Crippen LogP contribution in [0.2, 0.25) is 10.2 Å². The van der Waals surface area contributed by atoms with Crippen molar-refractivity contribution in [2.75, 3.05) is 18.0 Å². The Hall–Kier alpha value is -1.77. The Kier molecular flexibility index (Phi) is 6.27. The standard InChI is InChI=1S/C20H23Cl2N5O2S/c1-12-18(30-13-4-8-23-17(22)16(13)21)24-11-15(25-12)27-9-6-20(7-10-27)5-2-3-14(20)26-19(28)29/h4,8,11,14,26H,2-3,5-7,9-10H2,1H3,(H,28,29)/t14-/m1/s1. The molecule has 2 fully saturated rings. The molecular weight excluding hydrogens is 445 g/mol. The van der Waals surface area contributed by atoms with Gasteiger partial charge in [0.2, 0.25) is 0 Å². The second kappa shape index (κ2) is 8.77. The number of carbonyl (C=O) groups is 1. The molecule has 1 atom stereocenters. The summed E-state index contributed by atoms with van der Waals surface area (Å²) in [5, 5.41) is 13.4. The third kappa shape index (κ3) is 4.31. The Balaban J connectivity index is 1.44. The minimum absolute atomic E-state index is 0.0562. The van der Waals surface area contributed by atoms with Crippen molar-refractivity contribution < 1.29 is 9.90 Å². The second-order valence-electron chi connectivity index (χ2n) is 7.88. The monoisotopic (exact) mass is 467 g/mol. The molecule has 2 aromatic heterocycles. The smallest absolute Gasteiger partial charge is 0.404 e. The Bertz CT molecular complexity index is 953. The van der Waals surface area contributed by atoms with Crippen LogP contribution in [-0.2, 0) is 0 Å². The summed E-state index contributed by atoms with van der Waals surface area (Å²) in [7, 11) is 0. The number of hydrogen-bond acceptors (Lipinski definition) is 6. The number of piperidine rings is 1. The van der Waals surface area contributed by atoms with E-state index in [9.17, 15) is 4.79 Å². The minimum atomic E-state index is -0.922. The fourth-order valence-electron chi connectivity index (χ4n) is 4.59. The summed E-state index contributed by atoms with van der Waals surface area (Å²) in [5.74, 6) is 0.853. The molecule has 3 heterocycles. The Morgan fingerprint density at radius 3 is 2.77 bits per heavy atom. The van der Waals surface area contributed by atoms with E-state index in [1.807, 2.05) is 6.92 Å². The molecule has 0 unspecified atom stereocenters. The van der Waals surface area contributed by atoms with Crippen molar-refractivity contribution in [2.24, 2.45) is 5.41 Å². The summed E-state index contributed by atoms with van der Waals surface area (Å²) in [4.78, 5) is 27.5. The first kappa shape index (κ1) is 21.5. The van der Waals surface area contributed by atoms with Crippen LogP contribution in [0, 0.1) is 12.3 Å². The van der Waals surface area contributed by atoms with Crippen LogP contribution in [0.4, 0.5) is 10.6 Å². The zero-order valence-corrected chi connectivity index (χ0v) is 18.9. The van der Waals surface area contributed by atoms with Gasteiger partial charge in [0.15, 0.2) is 0 Å². The molecule has 0 aromatic carbocycles. The number of anilines is 1. The van der Waals surface area contributed by atoms with Gasteiger partial charge in [0.05, 0.1) is 16.9 Å². The average Bonchev–Trinajstić information content (AvgIpc) is 3.08. The molecule has 160 valence electrons. The predicted molar refractivity (Wildman–Crippen MR) is 118 cm³/mol. The average molecular weight is 468 g/mol. The van der Waals surface area contributed by atoms with Crippen molar-refractivity contribution in [3.63, 3.8) is 0 Å². The molecule has 1 amide bonds. The van der Waals surface area contributed by atoms with E-state index in [-0.39, 0.29) is 16.6 Å². The molecule has 7 nitrogen and oxygen atoms in total. The van der Waals surface area contributed by atoms with Gasteiger partial charge in [-0.05, 0) is 44.1 Å². The van der Waals surface area contributed by atoms with Gasteiger partial charge in [-0.3, -0.25) is 0 Å². The van der Waals surface area contributed by atoms with Crippen LogP contribution < -0.4 is 10.2 Å². The van der Waals surface area contributed by atoms with Gasteiger partial charge in [-0.2, -0.15) is 0 Å². The first-order valence-corrected chi connectivity index (χ1v) is 11.5. The van der Waals surface area contributed by atoms with Crippen molar-refractivity contribution in [3.05, 3.63) is 34.3 Å². The summed E-state index contributed by atoms with van der Waals surface area (Å²) in [6.07, 6.45) is 7.50. The predicted octanol–water partition coefficient (Wildman–Crippen LogP) is 5.04. The molecule has 1 spiro atoms. The number of rotatable bonds is 4. The fraction of sp³-hybridized carbons (Fsp3) is 0.500. The topological polar surface area (TPSA) is 91.2 Å². The molecule has 4 rings (SSSR count). The highest BCUT2D eigenvalue weighted by Crippen LogP contribution is 2.47. The van der Waals surface area contributed by atoms with Crippen molar-refractivity contribution in [3.8, 4) is 0 Å². The number of aromatic nitrogens is 3. The lowest BCUT2D eigenvalue weighted by Crippen LogP contribution is -2.50. The highest BCUT2D eigenvalue weighted by molar-refractivity contribution is 7.99. The third-order valence-electron chi connectivity index (χ3n) is 6.19. The van der Waals surface area contributed by atoms with Crippen LogP contribution in [0.1, 0.15) is 37.8 Å². The number of hydrogen-bond donors (Lipinski definition) is 2. The van der Waals surface area contributed by atoms with Crippen LogP contribution in [0.3, 0.4) is 0 Å². The summed E-state index contributed by atoms with van der Waals surface area (Å²) in [6, 6.07) is 1.86. The SMILES string of the molecule is Cc1nc(N2CCC3(CCC[C@H]3NC(=O)O)CC2)cnc1Sc1ccnc(Cl)c1Cl. The van der Waals surface area contributed by atoms with Crippen molar-refractivity contribution in [1.29, 1.82) is 0 Å². The number of nitrogens with one attached hydrogen (secondary N) is 1. The summed E-state index contributed by atoms with van der Waals surface area (Å²) in [6.45, 7) is 3.64. The van der Waals surface area contributed by atoms with Gasteiger partial charge in [0.1, 0.15) is 16.0 Å². The first-order valence-electron chi connectivity index (χ1n) is 9.94. The molecular formula is C20H23Cl2N5O2S. The molecule has 1 aliphatic carbocycles. The summed E-state index contributed by atoms with van der Waals surface area (Å²) >= 11 is 13.7. The van der Waals surface area contributed by atoms with E-state index in [0.717, 1.165) is 66.6 Å². The molecule has 30 heavy (non-hydrogen) atoms. The molecule has 0 radical (unpaired) electrons. The van der Waals surface area contributed by atoms with Crippen LogP contribution >= 0.6 is 35.0 Å². The maximum Gasteiger partial charge on any atom is 0.404 e. The highest BCUT2D eigenvalue weighted by atomic mass is 35.5. The number of nitrogens with zero attached hydrogens (tertiary/aromatic N) is 4. The van der Waals surface area contributed by atoms with E-state index in [2.05, 4.69) is 20.2 Å². The van der Waals surface area contributed by atoms with Gasteiger partial charge in [-0.25, -0.2) is 19.7 Å². The molecule has 1 saturated heterocycles. The molecule has 2 N–H and O–H groups in total. The molecule has 2 aromatic rings. The van der Waals surface area contributed by atoms with E-state index in [4.69, 9.17) is 33.3 Å². The van der Waals surface area contributed by atoms with E-state index < -0.39 is 6.09 Å². The van der Waals surface area contributed by atoms with Crippen LogP contribution in [0.15, 0.2) is 28.4 Å². The third-order valence-corrected chi connectivity index (χ3v) is 8.23.